The first-order valence-electron chi connectivity index (χ1n) is 23.5. The number of hydrogen-bond donors (Lipinski definition) is 10. The molecule has 0 radical (unpaired) electrons. The summed E-state index contributed by atoms with van der Waals surface area (Å²) in [7, 11) is 0. The van der Waals surface area contributed by atoms with Crippen LogP contribution in [0.4, 0.5) is 0 Å². The van der Waals surface area contributed by atoms with E-state index in [1.165, 1.54) is 16.7 Å². The molecule has 23 heteroatoms. The van der Waals surface area contributed by atoms with Gasteiger partial charge in [-0.15, -0.1) is 0 Å². The smallest absolute Gasteiger partial charge is 0.245 e. The fourth-order valence-corrected chi connectivity index (χ4v) is 8.78. The summed E-state index contributed by atoms with van der Waals surface area (Å²) >= 11 is 1.27. The van der Waals surface area contributed by atoms with E-state index in [-0.39, 0.29) is 62.5 Å². The lowest BCUT2D eigenvalue weighted by molar-refractivity contribution is -0.142. The normalized spacial score (nSPS) is 23.2. The van der Waals surface area contributed by atoms with Crippen molar-refractivity contribution in [2.24, 2.45) is 29.0 Å². The fraction of sp³-hybridized carbons (Fsp3) is 0.630. The van der Waals surface area contributed by atoms with Crippen molar-refractivity contribution in [1.29, 1.82) is 0 Å². The van der Waals surface area contributed by atoms with E-state index in [1.807, 2.05) is 45.0 Å². The lowest BCUT2D eigenvalue weighted by atomic mass is 9.96. The molecule has 11 amide bonds. The summed E-state index contributed by atoms with van der Waals surface area (Å²) in [5, 5.41) is 18.3. The summed E-state index contributed by atoms with van der Waals surface area (Å²) in [5.41, 5.74) is 18.0. The van der Waals surface area contributed by atoms with Crippen LogP contribution in [0.25, 0.3) is 0 Å². The number of rotatable bonds is 18. The van der Waals surface area contributed by atoms with E-state index < -0.39 is 133 Å². The SMILES string of the molecule is CCc1ccc(C[C@@H]2NC(=O)CCSCC[C@@H](C(=O)N3CCC[C@H]3C(=O)N[C@@H](CC(C)C)C(=O)NCC(N)=O)NC(=O)[C@H](CC(N)=O)NC(=O)C(CCC(N)=O)NC(=O)[C@H]([C@@H](C)CC)NC2=O)cc1. The molecule has 2 aliphatic heterocycles. The largest absolute Gasteiger partial charge is 0.370 e. The second-order valence-electron chi connectivity index (χ2n) is 17.9. The zero-order chi connectivity index (χ0) is 51.4. The van der Waals surface area contributed by atoms with Crippen LogP contribution >= 0.6 is 11.8 Å². The Bertz CT molecular complexity index is 2020. The number of nitrogens with two attached hydrogens (primary N) is 3. The highest BCUT2D eigenvalue weighted by molar-refractivity contribution is 7.99. The molecule has 0 aliphatic carbocycles. The molecule has 0 spiro atoms. The van der Waals surface area contributed by atoms with Crippen molar-refractivity contribution in [2.75, 3.05) is 24.6 Å². The van der Waals surface area contributed by atoms with E-state index in [2.05, 4.69) is 37.2 Å². The van der Waals surface area contributed by atoms with Gasteiger partial charge in [-0.05, 0) is 67.2 Å². The Hall–Kier alpha value is -6.26. The molecule has 0 aromatic heterocycles. The van der Waals surface area contributed by atoms with Crippen LogP contribution in [0.2, 0.25) is 0 Å². The van der Waals surface area contributed by atoms with Crippen LogP contribution in [0.15, 0.2) is 24.3 Å². The standard InChI is InChI=1S/C46H71N11O11S/c1-6-26(5)39-45(67)52-29(14-15-35(47)58)41(63)54-33(23-36(48)59)42(64)53-30(16-19-69-20-17-38(61)51-32(43(65)56-39)22-28-12-10-27(7-2)11-13-28)46(68)57-18-8-9-34(57)44(66)55-31(21-25(3)4)40(62)50-24-37(49)60/h10-13,25-26,29-34,39H,6-9,14-24H2,1-5H3,(H2,47,58)(H2,48,59)(H2,49,60)(H,50,62)(H,51,61)(H,52,67)(H,53,64)(H,54,63)(H,55,66)(H,56,65)/t26-,29?,30-,31-,32-,33-,34-,39-/m0/s1. The summed E-state index contributed by atoms with van der Waals surface area (Å²) in [5.74, 6) is -8.76. The number of nitrogens with one attached hydrogen (secondary N) is 7. The molecule has 8 atom stereocenters. The van der Waals surface area contributed by atoms with Gasteiger partial charge < -0.3 is 59.3 Å². The van der Waals surface area contributed by atoms with Crippen molar-refractivity contribution in [3.8, 4) is 0 Å². The van der Waals surface area contributed by atoms with Gasteiger partial charge >= 0.3 is 0 Å². The van der Waals surface area contributed by atoms with Gasteiger partial charge in [0.25, 0.3) is 0 Å². The van der Waals surface area contributed by atoms with Gasteiger partial charge in [-0.1, -0.05) is 65.3 Å². The number of aryl methyl sites for hydroxylation is 1. The molecule has 22 nitrogen and oxygen atoms in total. The summed E-state index contributed by atoms with van der Waals surface area (Å²) in [6, 6.07) is -1.59. The zero-order valence-electron chi connectivity index (χ0n) is 40.2. The molecule has 0 saturated carbocycles. The van der Waals surface area contributed by atoms with Crippen LogP contribution in [0.5, 0.6) is 0 Å². The van der Waals surface area contributed by atoms with Gasteiger partial charge in [0.1, 0.15) is 42.3 Å². The second kappa shape index (κ2) is 28.3. The molecule has 69 heavy (non-hydrogen) atoms. The van der Waals surface area contributed by atoms with Gasteiger partial charge in [0, 0.05) is 31.6 Å². The Kier molecular flexibility index (Phi) is 23.4. The number of carbonyl (C=O) groups is 11. The number of carbonyl (C=O) groups excluding carboxylic acids is 11. The third kappa shape index (κ3) is 19.0. The molecular formula is C46H71N11O11S. The maximum absolute atomic E-state index is 14.5. The Morgan fingerprint density at radius 3 is 2.00 bits per heavy atom. The molecule has 2 fully saturated rings. The summed E-state index contributed by atoms with van der Waals surface area (Å²) < 4.78 is 0. The van der Waals surface area contributed by atoms with Crippen LogP contribution in [0.3, 0.4) is 0 Å². The van der Waals surface area contributed by atoms with Crippen molar-refractivity contribution >= 4 is 76.7 Å². The van der Waals surface area contributed by atoms with Crippen LogP contribution < -0.4 is 54.4 Å². The molecule has 13 N–H and O–H groups in total. The Labute approximate surface area is 407 Å². The first-order chi connectivity index (χ1) is 32.6. The van der Waals surface area contributed by atoms with Gasteiger partial charge in [0.2, 0.25) is 65.0 Å². The minimum absolute atomic E-state index is 0.0580. The number of amides is 11. The summed E-state index contributed by atoms with van der Waals surface area (Å²) in [6.45, 7) is 8.80. The zero-order valence-corrected chi connectivity index (χ0v) is 41.0. The van der Waals surface area contributed by atoms with E-state index >= 15 is 0 Å². The molecule has 0 bridgehead atoms. The number of nitrogens with zero attached hydrogens (tertiary/aromatic N) is 1. The average molecular weight is 986 g/mol. The lowest BCUT2D eigenvalue weighted by Gasteiger charge is -2.31. The second-order valence-corrected chi connectivity index (χ2v) is 19.2. The molecule has 1 aromatic rings. The predicted octanol–water partition coefficient (Wildman–Crippen LogP) is -1.95. The van der Waals surface area contributed by atoms with Crippen LogP contribution in [0, 0.1) is 11.8 Å². The van der Waals surface area contributed by atoms with E-state index in [0.717, 1.165) is 17.5 Å². The number of likely N-dealkylation sites (tertiary alicyclic amines) is 1. The van der Waals surface area contributed by atoms with Crippen LogP contribution in [0.1, 0.15) is 104 Å². The highest BCUT2D eigenvalue weighted by atomic mass is 32.2. The minimum Gasteiger partial charge on any atom is -0.370 e. The average Bonchev–Trinajstić information content (AvgIpc) is 3.79. The highest BCUT2D eigenvalue weighted by Crippen LogP contribution is 2.22. The third-order valence-electron chi connectivity index (χ3n) is 11.9. The first kappa shape index (κ1) is 57.1. The van der Waals surface area contributed by atoms with Crippen molar-refractivity contribution in [1.82, 2.24) is 42.1 Å². The lowest BCUT2D eigenvalue weighted by Crippen LogP contribution is -2.61. The van der Waals surface area contributed by atoms with Crippen LogP contribution in [-0.4, -0.2) is 137 Å². The number of primary amides is 3. The fourth-order valence-electron chi connectivity index (χ4n) is 7.85. The summed E-state index contributed by atoms with van der Waals surface area (Å²) in [4.78, 5) is 148. The maximum atomic E-state index is 14.5. The van der Waals surface area contributed by atoms with E-state index in [4.69, 9.17) is 17.2 Å². The van der Waals surface area contributed by atoms with Crippen molar-refractivity contribution in [3.63, 3.8) is 0 Å². The molecule has 2 heterocycles. The monoisotopic (exact) mass is 986 g/mol. The number of benzene rings is 1. The Morgan fingerprint density at radius 2 is 1.39 bits per heavy atom. The van der Waals surface area contributed by atoms with Gasteiger partial charge in [-0.3, -0.25) is 52.7 Å². The highest BCUT2D eigenvalue weighted by Gasteiger charge is 2.40. The molecule has 3 rings (SSSR count). The van der Waals surface area contributed by atoms with Gasteiger partial charge in [-0.2, -0.15) is 11.8 Å². The molecule has 1 aromatic carbocycles. The number of hydrogen-bond acceptors (Lipinski definition) is 12. The van der Waals surface area contributed by atoms with E-state index in [9.17, 15) is 52.7 Å². The third-order valence-corrected chi connectivity index (χ3v) is 12.9. The Balaban J connectivity index is 2.02. The van der Waals surface area contributed by atoms with E-state index in [1.54, 1.807) is 13.8 Å². The van der Waals surface area contributed by atoms with Crippen molar-refractivity contribution < 1.29 is 52.7 Å². The van der Waals surface area contributed by atoms with E-state index in [0.29, 0.717) is 12.8 Å². The summed E-state index contributed by atoms with van der Waals surface area (Å²) in [6.07, 6.45) is 0.423. The molecule has 2 aliphatic rings. The number of thioether (sulfide) groups is 1. The first-order valence-corrected chi connectivity index (χ1v) is 24.7. The molecular weight excluding hydrogens is 915 g/mol. The van der Waals surface area contributed by atoms with Gasteiger partial charge in [-0.25, -0.2) is 0 Å². The molecule has 382 valence electrons. The van der Waals surface area contributed by atoms with Crippen molar-refractivity contribution in [2.45, 2.75) is 148 Å². The minimum atomic E-state index is -1.70. The van der Waals surface area contributed by atoms with Crippen LogP contribution in [-0.2, 0) is 65.6 Å². The molecule has 2 saturated heterocycles. The van der Waals surface area contributed by atoms with Crippen molar-refractivity contribution in [3.05, 3.63) is 35.4 Å². The van der Waals surface area contributed by atoms with Gasteiger partial charge in [0.05, 0.1) is 13.0 Å². The maximum Gasteiger partial charge on any atom is 0.245 e. The quantitative estimate of drug-likeness (QED) is 0.0768. The van der Waals surface area contributed by atoms with Gasteiger partial charge in [0.15, 0.2) is 0 Å². The molecule has 1 unspecified atom stereocenters. The predicted molar refractivity (Wildman–Crippen MR) is 256 cm³/mol. The topological polar surface area (TPSA) is 353 Å². The Morgan fingerprint density at radius 1 is 0.754 bits per heavy atom.